The van der Waals surface area contributed by atoms with Gasteiger partial charge in [-0.2, -0.15) is 4.72 Å². The van der Waals surface area contributed by atoms with E-state index >= 15 is 0 Å². The zero-order valence-corrected chi connectivity index (χ0v) is 11.3. The largest absolute Gasteiger partial charge is 0.480 e. The average molecular weight is 287 g/mol. The first-order valence-electron chi connectivity index (χ1n) is 5.72. The fourth-order valence-electron chi connectivity index (χ4n) is 2.11. The van der Waals surface area contributed by atoms with E-state index < -0.39 is 27.3 Å². The van der Waals surface area contributed by atoms with Gasteiger partial charge in [0.05, 0.1) is 4.90 Å². The second kappa shape index (κ2) is 4.28. The van der Waals surface area contributed by atoms with Gasteiger partial charge in [0, 0.05) is 0 Å². The van der Waals surface area contributed by atoms with Gasteiger partial charge in [-0.15, -0.1) is 0 Å². The summed E-state index contributed by atoms with van der Waals surface area (Å²) >= 11 is 0. The zero-order valence-electron chi connectivity index (χ0n) is 10.5. The Balaban J connectivity index is 2.44. The Hall–Kier alpha value is -1.47. The highest BCUT2D eigenvalue weighted by atomic mass is 32.2. The number of carboxylic acid groups (broad SMARTS) is 1. The van der Waals surface area contributed by atoms with Gasteiger partial charge >= 0.3 is 5.97 Å². The molecule has 0 heterocycles. The monoisotopic (exact) mass is 287 g/mol. The molecule has 2 N–H and O–H groups in total. The van der Waals surface area contributed by atoms with E-state index in [1.54, 1.807) is 0 Å². The van der Waals surface area contributed by atoms with Crippen molar-refractivity contribution in [2.75, 3.05) is 0 Å². The number of sulfonamides is 1. The second-order valence-electron chi connectivity index (χ2n) is 4.86. The van der Waals surface area contributed by atoms with Crippen LogP contribution in [0.4, 0.5) is 4.39 Å². The maximum atomic E-state index is 13.2. The van der Waals surface area contributed by atoms with Crippen LogP contribution in [0.25, 0.3) is 0 Å². The van der Waals surface area contributed by atoms with Gasteiger partial charge in [0.2, 0.25) is 10.0 Å². The number of aryl methyl sites for hydroxylation is 2. The molecule has 2 rings (SSSR count). The lowest BCUT2D eigenvalue weighted by atomic mass is 10.1. The molecule has 0 radical (unpaired) electrons. The molecule has 1 fully saturated rings. The average Bonchev–Trinajstić information content (AvgIpc) is 2.95. The van der Waals surface area contributed by atoms with Gasteiger partial charge in [-0.1, -0.05) is 0 Å². The van der Waals surface area contributed by atoms with Crippen molar-refractivity contribution in [1.29, 1.82) is 0 Å². The van der Waals surface area contributed by atoms with Crippen molar-refractivity contribution >= 4 is 16.0 Å². The van der Waals surface area contributed by atoms with Gasteiger partial charge in [-0.25, -0.2) is 12.8 Å². The molecular weight excluding hydrogens is 273 g/mol. The van der Waals surface area contributed by atoms with E-state index in [-0.39, 0.29) is 28.9 Å². The Labute approximate surface area is 110 Å². The normalized spacial score (nSPS) is 17.2. The smallest absolute Gasteiger partial charge is 0.324 e. The molecule has 1 saturated carbocycles. The molecule has 0 atom stereocenters. The number of hydrogen-bond acceptors (Lipinski definition) is 3. The number of nitrogens with one attached hydrogen (secondary N) is 1. The molecule has 5 nitrogen and oxygen atoms in total. The topological polar surface area (TPSA) is 83.5 Å². The van der Waals surface area contributed by atoms with Crippen molar-refractivity contribution < 1.29 is 22.7 Å². The molecule has 104 valence electrons. The van der Waals surface area contributed by atoms with Crippen LogP contribution in [0.3, 0.4) is 0 Å². The quantitative estimate of drug-likeness (QED) is 0.875. The number of carboxylic acids is 1. The molecule has 1 aliphatic rings. The van der Waals surface area contributed by atoms with Crippen molar-refractivity contribution in [3.05, 3.63) is 29.1 Å². The number of rotatable bonds is 4. The molecule has 0 saturated heterocycles. The summed E-state index contributed by atoms with van der Waals surface area (Å²) in [5, 5.41) is 9.01. The van der Waals surface area contributed by atoms with E-state index in [2.05, 4.69) is 4.72 Å². The summed E-state index contributed by atoms with van der Waals surface area (Å²) in [5.41, 5.74) is -0.885. The van der Waals surface area contributed by atoms with Crippen LogP contribution in [0.1, 0.15) is 24.0 Å². The maximum Gasteiger partial charge on any atom is 0.324 e. The van der Waals surface area contributed by atoms with Crippen LogP contribution in [-0.4, -0.2) is 25.0 Å². The molecular formula is C12H14FNO4S. The third kappa shape index (κ3) is 2.48. The zero-order chi connectivity index (χ0) is 14.4. The van der Waals surface area contributed by atoms with E-state index in [1.807, 2.05) is 0 Å². The van der Waals surface area contributed by atoms with Crippen molar-refractivity contribution in [1.82, 2.24) is 4.72 Å². The first-order valence-corrected chi connectivity index (χ1v) is 7.20. The van der Waals surface area contributed by atoms with Gasteiger partial charge in [0.1, 0.15) is 11.4 Å². The second-order valence-corrected chi connectivity index (χ2v) is 6.48. The fourth-order valence-corrected chi connectivity index (χ4v) is 3.99. The first-order chi connectivity index (χ1) is 8.68. The van der Waals surface area contributed by atoms with E-state index in [0.29, 0.717) is 0 Å². The molecule has 19 heavy (non-hydrogen) atoms. The van der Waals surface area contributed by atoms with Crippen LogP contribution in [0.15, 0.2) is 17.0 Å². The maximum absolute atomic E-state index is 13.2. The highest BCUT2D eigenvalue weighted by molar-refractivity contribution is 7.89. The third-order valence-corrected chi connectivity index (χ3v) is 5.02. The van der Waals surface area contributed by atoms with Crippen LogP contribution in [0.5, 0.6) is 0 Å². The number of aliphatic carboxylic acids is 1. The van der Waals surface area contributed by atoms with Gasteiger partial charge in [-0.3, -0.25) is 4.79 Å². The Kier molecular flexibility index (Phi) is 3.14. The summed E-state index contributed by atoms with van der Waals surface area (Å²) in [6.07, 6.45) is 0.529. The number of carbonyl (C=O) groups is 1. The minimum Gasteiger partial charge on any atom is -0.480 e. The van der Waals surface area contributed by atoms with Crippen molar-refractivity contribution in [3.8, 4) is 0 Å². The van der Waals surface area contributed by atoms with E-state index in [4.69, 9.17) is 5.11 Å². The standard InChI is InChI=1S/C12H14FNO4S/c1-7-5-9(13)6-8(2)10(7)19(17,18)14-12(3-4-12)11(15)16/h5-6,14H,3-4H2,1-2H3,(H,15,16). The van der Waals surface area contributed by atoms with Crippen LogP contribution in [-0.2, 0) is 14.8 Å². The van der Waals surface area contributed by atoms with Crippen LogP contribution < -0.4 is 4.72 Å². The van der Waals surface area contributed by atoms with Crippen LogP contribution in [0, 0.1) is 19.7 Å². The Bertz CT molecular complexity index is 627. The summed E-state index contributed by atoms with van der Waals surface area (Å²) in [6, 6.07) is 2.23. The summed E-state index contributed by atoms with van der Waals surface area (Å²) in [4.78, 5) is 11.0. The summed E-state index contributed by atoms with van der Waals surface area (Å²) in [5.74, 6) is -1.71. The molecule has 0 bridgehead atoms. The Morgan fingerprint density at radius 2 is 1.79 bits per heavy atom. The van der Waals surface area contributed by atoms with Gasteiger partial charge in [0.25, 0.3) is 0 Å². The summed E-state index contributed by atoms with van der Waals surface area (Å²) in [7, 11) is -3.98. The van der Waals surface area contributed by atoms with Crippen LogP contribution >= 0.6 is 0 Å². The number of hydrogen-bond donors (Lipinski definition) is 2. The van der Waals surface area contributed by atoms with Gasteiger partial charge < -0.3 is 5.11 Å². The fraction of sp³-hybridized carbons (Fsp3) is 0.417. The number of halogens is 1. The predicted octanol–water partition coefficient (Wildman–Crippen LogP) is 1.34. The Morgan fingerprint density at radius 1 is 1.32 bits per heavy atom. The molecule has 1 aromatic carbocycles. The van der Waals surface area contributed by atoms with E-state index in [9.17, 15) is 17.6 Å². The molecule has 0 aliphatic heterocycles. The number of benzene rings is 1. The molecule has 0 amide bonds. The lowest BCUT2D eigenvalue weighted by Crippen LogP contribution is -2.43. The SMILES string of the molecule is Cc1cc(F)cc(C)c1S(=O)(=O)NC1(C(=O)O)CC1. The van der Waals surface area contributed by atoms with E-state index in [0.717, 1.165) is 12.1 Å². The van der Waals surface area contributed by atoms with Gasteiger partial charge in [-0.05, 0) is 49.9 Å². The molecule has 1 aliphatic carbocycles. The highest BCUT2D eigenvalue weighted by Crippen LogP contribution is 2.37. The predicted molar refractivity (Wildman–Crippen MR) is 65.8 cm³/mol. The summed E-state index contributed by atoms with van der Waals surface area (Å²) in [6.45, 7) is 2.95. The van der Waals surface area contributed by atoms with Crippen LogP contribution in [0.2, 0.25) is 0 Å². The third-order valence-electron chi connectivity index (χ3n) is 3.18. The lowest BCUT2D eigenvalue weighted by Gasteiger charge is -2.16. The first kappa shape index (κ1) is 14.0. The highest BCUT2D eigenvalue weighted by Gasteiger charge is 2.53. The Morgan fingerprint density at radius 3 is 2.16 bits per heavy atom. The van der Waals surface area contributed by atoms with Gasteiger partial charge in [0.15, 0.2) is 0 Å². The molecule has 1 aromatic rings. The summed E-state index contributed by atoms with van der Waals surface area (Å²) < 4.78 is 39.9. The molecule has 0 aromatic heterocycles. The minimum atomic E-state index is -3.98. The van der Waals surface area contributed by atoms with Crippen molar-refractivity contribution in [2.45, 2.75) is 37.1 Å². The lowest BCUT2D eigenvalue weighted by molar-refractivity contribution is -0.140. The molecule has 0 unspecified atom stereocenters. The molecule has 0 spiro atoms. The molecule has 7 heteroatoms. The van der Waals surface area contributed by atoms with E-state index in [1.165, 1.54) is 13.8 Å². The van der Waals surface area contributed by atoms with Crippen molar-refractivity contribution in [2.24, 2.45) is 0 Å². The van der Waals surface area contributed by atoms with Crippen molar-refractivity contribution in [3.63, 3.8) is 0 Å². The minimum absolute atomic E-state index is 0.0542.